The summed E-state index contributed by atoms with van der Waals surface area (Å²) in [5.41, 5.74) is 3.59. The molecule has 0 saturated carbocycles. The third-order valence-electron chi connectivity index (χ3n) is 4.52. The SMILES string of the molecule is Oc1cc(O)c(CN2CCc3nc(-c4ccncc4)ncc3C2)cc1O. The van der Waals surface area contributed by atoms with Crippen molar-refractivity contribution >= 4 is 0 Å². The summed E-state index contributed by atoms with van der Waals surface area (Å²) in [6.45, 7) is 1.90. The molecule has 0 saturated heterocycles. The highest BCUT2D eigenvalue weighted by atomic mass is 16.3. The molecule has 3 N–H and O–H groups in total. The first-order valence-corrected chi connectivity index (χ1v) is 8.31. The molecule has 3 aromatic rings. The molecular weight excluding hydrogens is 332 g/mol. The van der Waals surface area contributed by atoms with Crippen molar-refractivity contribution in [2.45, 2.75) is 19.5 Å². The molecule has 1 aliphatic rings. The molecule has 7 heteroatoms. The zero-order valence-corrected chi connectivity index (χ0v) is 14.0. The van der Waals surface area contributed by atoms with Crippen LogP contribution in [0.5, 0.6) is 17.2 Å². The second-order valence-corrected chi connectivity index (χ2v) is 6.33. The van der Waals surface area contributed by atoms with Gasteiger partial charge in [0.05, 0.1) is 5.69 Å². The average Bonchev–Trinajstić information content (AvgIpc) is 2.66. The van der Waals surface area contributed by atoms with E-state index in [1.165, 1.54) is 6.07 Å². The predicted octanol–water partition coefficient (Wildman–Crippen LogP) is 2.21. The molecule has 26 heavy (non-hydrogen) atoms. The van der Waals surface area contributed by atoms with Crippen LogP contribution < -0.4 is 0 Å². The fourth-order valence-corrected chi connectivity index (χ4v) is 3.13. The van der Waals surface area contributed by atoms with Crippen LogP contribution in [-0.2, 0) is 19.5 Å². The number of hydrogen-bond donors (Lipinski definition) is 3. The Morgan fingerprint density at radius 3 is 2.58 bits per heavy atom. The molecule has 7 nitrogen and oxygen atoms in total. The number of fused-ring (bicyclic) bond motifs is 1. The van der Waals surface area contributed by atoms with Crippen LogP contribution in [0.15, 0.2) is 42.9 Å². The van der Waals surface area contributed by atoms with Crippen LogP contribution in [0.1, 0.15) is 16.8 Å². The third kappa shape index (κ3) is 3.16. The molecule has 1 aromatic carbocycles. The summed E-state index contributed by atoms with van der Waals surface area (Å²) in [4.78, 5) is 15.3. The van der Waals surface area contributed by atoms with Crippen molar-refractivity contribution in [3.05, 3.63) is 59.7 Å². The van der Waals surface area contributed by atoms with E-state index < -0.39 is 0 Å². The third-order valence-corrected chi connectivity index (χ3v) is 4.52. The van der Waals surface area contributed by atoms with Crippen LogP contribution in [0.2, 0.25) is 0 Å². The lowest BCUT2D eigenvalue weighted by atomic mass is 10.1. The number of phenols is 3. The largest absolute Gasteiger partial charge is 0.507 e. The van der Waals surface area contributed by atoms with Crippen molar-refractivity contribution in [3.63, 3.8) is 0 Å². The number of phenolic OH excluding ortho intramolecular Hbond substituents is 3. The van der Waals surface area contributed by atoms with Crippen molar-refractivity contribution < 1.29 is 15.3 Å². The summed E-state index contributed by atoms with van der Waals surface area (Å²) in [5.74, 6) is 0.101. The molecule has 1 aliphatic heterocycles. The van der Waals surface area contributed by atoms with E-state index in [9.17, 15) is 15.3 Å². The van der Waals surface area contributed by atoms with Gasteiger partial charge >= 0.3 is 0 Å². The number of nitrogens with zero attached hydrogens (tertiary/aromatic N) is 4. The van der Waals surface area contributed by atoms with Crippen LogP contribution in [0.3, 0.4) is 0 Å². The maximum Gasteiger partial charge on any atom is 0.161 e. The standard InChI is InChI=1S/C19H18N4O3/c24-16-8-18(26)17(25)7-13(16)10-23-6-3-15-14(11-23)9-21-19(22-15)12-1-4-20-5-2-12/h1-2,4-5,7-9,24-26H,3,6,10-11H2. The van der Waals surface area contributed by atoms with Gasteiger partial charge in [0.2, 0.25) is 0 Å². The smallest absolute Gasteiger partial charge is 0.161 e. The minimum Gasteiger partial charge on any atom is -0.507 e. The quantitative estimate of drug-likeness (QED) is 0.491. The van der Waals surface area contributed by atoms with Gasteiger partial charge in [-0.3, -0.25) is 9.88 Å². The van der Waals surface area contributed by atoms with Gasteiger partial charge in [-0.05, 0) is 18.2 Å². The van der Waals surface area contributed by atoms with E-state index in [1.807, 2.05) is 18.3 Å². The van der Waals surface area contributed by atoms with Gasteiger partial charge < -0.3 is 15.3 Å². The van der Waals surface area contributed by atoms with Crippen LogP contribution >= 0.6 is 0 Å². The second-order valence-electron chi connectivity index (χ2n) is 6.33. The first kappa shape index (κ1) is 16.3. The maximum atomic E-state index is 9.98. The Morgan fingerprint density at radius 2 is 1.77 bits per heavy atom. The average molecular weight is 350 g/mol. The van der Waals surface area contributed by atoms with Gasteiger partial charge in [0.1, 0.15) is 5.75 Å². The van der Waals surface area contributed by atoms with Crippen molar-refractivity contribution in [1.29, 1.82) is 0 Å². The normalized spacial score (nSPS) is 14.2. The molecule has 0 bridgehead atoms. The zero-order valence-electron chi connectivity index (χ0n) is 14.0. The van der Waals surface area contributed by atoms with Gasteiger partial charge in [0, 0.05) is 67.4 Å². The summed E-state index contributed by atoms with van der Waals surface area (Å²) in [7, 11) is 0. The lowest BCUT2D eigenvalue weighted by Gasteiger charge is -2.28. The first-order chi connectivity index (χ1) is 12.6. The molecule has 3 heterocycles. The van der Waals surface area contributed by atoms with E-state index in [0.717, 1.165) is 35.9 Å². The molecule has 0 unspecified atom stereocenters. The number of pyridine rings is 1. The van der Waals surface area contributed by atoms with Crippen molar-refractivity contribution in [2.24, 2.45) is 0 Å². The number of aromatic hydroxyl groups is 3. The number of aromatic nitrogens is 3. The van der Waals surface area contributed by atoms with Crippen LogP contribution in [0, 0.1) is 0 Å². The van der Waals surface area contributed by atoms with Crippen molar-refractivity contribution in [1.82, 2.24) is 19.9 Å². The lowest BCUT2D eigenvalue weighted by Crippen LogP contribution is -2.31. The van der Waals surface area contributed by atoms with Gasteiger partial charge in [-0.2, -0.15) is 0 Å². The Labute approximate surface area is 150 Å². The van der Waals surface area contributed by atoms with E-state index in [1.54, 1.807) is 12.4 Å². The summed E-state index contributed by atoms with van der Waals surface area (Å²) in [6.07, 6.45) is 6.07. The van der Waals surface area contributed by atoms with Crippen molar-refractivity contribution in [2.75, 3.05) is 6.54 Å². The highest BCUT2D eigenvalue weighted by Crippen LogP contribution is 2.33. The van der Waals surface area contributed by atoms with E-state index in [2.05, 4.69) is 19.9 Å². The monoisotopic (exact) mass is 350 g/mol. The van der Waals surface area contributed by atoms with E-state index in [0.29, 0.717) is 24.5 Å². The molecule has 0 spiro atoms. The second kappa shape index (κ2) is 6.61. The molecule has 0 atom stereocenters. The molecular formula is C19H18N4O3. The minimum atomic E-state index is -0.327. The molecule has 0 amide bonds. The Bertz CT molecular complexity index is 947. The summed E-state index contributed by atoms with van der Waals surface area (Å²) < 4.78 is 0. The Hall–Kier alpha value is -3.19. The number of rotatable bonds is 3. The number of benzene rings is 1. The van der Waals surface area contributed by atoms with E-state index in [4.69, 9.17) is 0 Å². The van der Waals surface area contributed by atoms with E-state index >= 15 is 0 Å². The molecule has 2 aromatic heterocycles. The van der Waals surface area contributed by atoms with Gasteiger partial charge in [-0.25, -0.2) is 9.97 Å². The first-order valence-electron chi connectivity index (χ1n) is 8.31. The van der Waals surface area contributed by atoms with E-state index in [-0.39, 0.29) is 17.2 Å². The molecule has 0 radical (unpaired) electrons. The molecule has 0 fully saturated rings. The van der Waals surface area contributed by atoms with Gasteiger partial charge in [-0.1, -0.05) is 0 Å². The fraction of sp³-hybridized carbons (Fsp3) is 0.211. The topological polar surface area (TPSA) is 103 Å². The highest BCUT2D eigenvalue weighted by molar-refractivity contribution is 5.54. The van der Waals surface area contributed by atoms with Gasteiger partial charge in [0.25, 0.3) is 0 Å². The fourth-order valence-electron chi connectivity index (χ4n) is 3.13. The zero-order chi connectivity index (χ0) is 18.1. The van der Waals surface area contributed by atoms with Crippen LogP contribution in [-0.4, -0.2) is 41.7 Å². The number of hydrogen-bond acceptors (Lipinski definition) is 7. The summed E-state index contributed by atoms with van der Waals surface area (Å²) in [5, 5.41) is 29.1. The molecule has 4 rings (SSSR count). The molecule has 132 valence electrons. The van der Waals surface area contributed by atoms with Crippen LogP contribution in [0.25, 0.3) is 11.4 Å². The Balaban J connectivity index is 1.53. The summed E-state index contributed by atoms with van der Waals surface area (Å²) >= 11 is 0. The van der Waals surface area contributed by atoms with Gasteiger partial charge in [0.15, 0.2) is 17.3 Å². The summed E-state index contributed by atoms with van der Waals surface area (Å²) in [6, 6.07) is 6.32. The predicted molar refractivity (Wildman–Crippen MR) is 94.5 cm³/mol. The maximum absolute atomic E-state index is 9.98. The Morgan fingerprint density at radius 1 is 1.00 bits per heavy atom. The Kier molecular flexibility index (Phi) is 4.14. The van der Waals surface area contributed by atoms with Gasteiger partial charge in [-0.15, -0.1) is 0 Å². The highest BCUT2D eigenvalue weighted by Gasteiger charge is 2.20. The van der Waals surface area contributed by atoms with Crippen LogP contribution in [0.4, 0.5) is 0 Å². The van der Waals surface area contributed by atoms with Crippen molar-refractivity contribution in [3.8, 4) is 28.6 Å². The molecule has 0 aliphatic carbocycles. The lowest BCUT2D eigenvalue weighted by molar-refractivity contribution is 0.239. The minimum absolute atomic E-state index is 0.0321.